The molecular weight excluding hydrogens is 206 g/mol. The summed E-state index contributed by atoms with van der Waals surface area (Å²) < 4.78 is 0. The van der Waals surface area contributed by atoms with E-state index in [4.69, 9.17) is 5.73 Å². The van der Waals surface area contributed by atoms with Gasteiger partial charge in [0.1, 0.15) is 6.04 Å². The number of para-hydroxylation sites is 2. The Balaban J connectivity index is 2.15. The van der Waals surface area contributed by atoms with Crippen LogP contribution in [-0.2, 0) is 9.59 Å². The number of imide groups is 1. The molecule has 1 aromatic carbocycles. The van der Waals surface area contributed by atoms with Crippen LogP contribution in [0.2, 0.25) is 0 Å². The molecule has 1 fully saturated rings. The first-order valence-corrected chi connectivity index (χ1v) is 5.01. The number of benzene rings is 1. The Bertz CT molecular complexity index is 445. The van der Waals surface area contributed by atoms with Crippen LogP contribution < -0.4 is 11.1 Å². The van der Waals surface area contributed by atoms with Gasteiger partial charge in [-0.15, -0.1) is 0 Å². The number of likely N-dealkylation sites (tertiary alicyclic amines) is 1. The van der Waals surface area contributed by atoms with Gasteiger partial charge in [-0.1, -0.05) is 12.1 Å². The molecule has 0 radical (unpaired) electrons. The lowest BCUT2D eigenvalue weighted by Gasteiger charge is -2.13. The van der Waals surface area contributed by atoms with E-state index in [-0.39, 0.29) is 18.2 Å². The maximum atomic E-state index is 11.6. The van der Waals surface area contributed by atoms with E-state index in [9.17, 15) is 9.59 Å². The zero-order valence-electron chi connectivity index (χ0n) is 8.93. The molecule has 0 spiro atoms. The van der Waals surface area contributed by atoms with Crippen molar-refractivity contribution in [3.63, 3.8) is 0 Å². The second-order valence-corrected chi connectivity index (χ2v) is 3.78. The quantitative estimate of drug-likeness (QED) is 0.559. The van der Waals surface area contributed by atoms with Gasteiger partial charge in [-0.25, -0.2) is 0 Å². The highest BCUT2D eigenvalue weighted by atomic mass is 16.2. The van der Waals surface area contributed by atoms with E-state index in [1.165, 1.54) is 7.05 Å². The molecule has 1 aromatic rings. The molecule has 0 aromatic heterocycles. The number of nitrogens with one attached hydrogen (secondary N) is 1. The van der Waals surface area contributed by atoms with Gasteiger partial charge in [0, 0.05) is 7.05 Å². The first kappa shape index (κ1) is 10.5. The Morgan fingerprint density at radius 3 is 2.62 bits per heavy atom. The Hall–Kier alpha value is -2.04. The monoisotopic (exact) mass is 219 g/mol. The molecule has 0 saturated carbocycles. The lowest BCUT2D eigenvalue weighted by Crippen LogP contribution is -2.31. The molecule has 5 nitrogen and oxygen atoms in total. The van der Waals surface area contributed by atoms with Gasteiger partial charge in [-0.05, 0) is 12.1 Å². The highest BCUT2D eigenvalue weighted by Gasteiger charge is 2.35. The standard InChI is InChI=1S/C11H13N3O2/c1-14-10(15)6-9(11(14)16)13-8-5-3-2-4-7(8)12/h2-5,9,13H,6,12H2,1H3. The van der Waals surface area contributed by atoms with Gasteiger partial charge in [0.25, 0.3) is 5.91 Å². The zero-order chi connectivity index (χ0) is 11.7. The molecule has 0 aliphatic carbocycles. The van der Waals surface area contributed by atoms with Crippen LogP contribution in [-0.4, -0.2) is 29.8 Å². The van der Waals surface area contributed by atoms with Crippen LogP contribution in [0.25, 0.3) is 0 Å². The SMILES string of the molecule is CN1C(=O)CC(Nc2ccccc2N)C1=O. The Kier molecular flexibility index (Phi) is 2.52. The molecular formula is C11H13N3O2. The number of nitrogens with zero attached hydrogens (tertiary/aromatic N) is 1. The van der Waals surface area contributed by atoms with Crippen LogP contribution in [0.4, 0.5) is 11.4 Å². The van der Waals surface area contributed by atoms with E-state index in [0.29, 0.717) is 11.4 Å². The predicted molar refractivity (Wildman–Crippen MR) is 60.7 cm³/mol. The van der Waals surface area contributed by atoms with Crippen molar-refractivity contribution in [3.8, 4) is 0 Å². The summed E-state index contributed by atoms with van der Waals surface area (Å²) >= 11 is 0. The fourth-order valence-corrected chi connectivity index (χ4v) is 1.68. The van der Waals surface area contributed by atoms with Crippen molar-refractivity contribution in [2.75, 3.05) is 18.1 Å². The molecule has 0 bridgehead atoms. The van der Waals surface area contributed by atoms with Gasteiger partial charge in [0.2, 0.25) is 5.91 Å². The van der Waals surface area contributed by atoms with Crippen LogP contribution in [0.1, 0.15) is 6.42 Å². The number of carbonyl (C=O) groups is 2. The van der Waals surface area contributed by atoms with Crippen molar-refractivity contribution in [2.45, 2.75) is 12.5 Å². The largest absolute Gasteiger partial charge is 0.397 e. The first-order chi connectivity index (χ1) is 7.59. The van der Waals surface area contributed by atoms with Crippen LogP contribution in [0.5, 0.6) is 0 Å². The van der Waals surface area contributed by atoms with Crippen molar-refractivity contribution in [3.05, 3.63) is 24.3 Å². The third kappa shape index (κ3) is 1.71. The molecule has 2 amide bonds. The summed E-state index contributed by atoms with van der Waals surface area (Å²) in [6.07, 6.45) is 0.184. The number of hydrogen-bond donors (Lipinski definition) is 2. The average molecular weight is 219 g/mol. The summed E-state index contributed by atoms with van der Waals surface area (Å²) in [7, 11) is 1.49. The van der Waals surface area contributed by atoms with Crippen LogP contribution in [0.3, 0.4) is 0 Å². The molecule has 84 valence electrons. The molecule has 2 rings (SSSR count). The van der Waals surface area contributed by atoms with Gasteiger partial charge < -0.3 is 11.1 Å². The summed E-state index contributed by atoms with van der Waals surface area (Å²) in [5, 5.41) is 2.98. The molecule has 3 N–H and O–H groups in total. The predicted octanol–water partition coefficient (Wildman–Crippen LogP) is 0.438. The molecule has 16 heavy (non-hydrogen) atoms. The minimum Gasteiger partial charge on any atom is -0.397 e. The normalized spacial score (nSPS) is 20.3. The Morgan fingerprint density at radius 1 is 1.38 bits per heavy atom. The van der Waals surface area contributed by atoms with Crippen molar-refractivity contribution in [1.82, 2.24) is 4.90 Å². The second kappa shape index (κ2) is 3.84. The van der Waals surface area contributed by atoms with Crippen molar-refractivity contribution >= 4 is 23.2 Å². The minimum absolute atomic E-state index is 0.169. The van der Waals surface area contributed by atoms with Crippen LogP contribution in [0, 0.1) is 0 Å². The van der Waals surface area contributed by atoms with Crippen molar-refractivity contribution < 1.29 is 9.59 Å². The minimum atomic E-state index is -0.498. The molecule has 1 atom stereocenters. The van der Waals surface area contributed by atoms with Crippen molar-refractivity contribution in [1.29, 1.82) is 0 Å². The smallest absolute Gasteiger partial charge is 0.251 e. The van der Waals surface area contributed by atoms with Gasteiger partial charge >= 0.3 is 0 Å². The highest BCUT2D eigenvalue weighted by Crippen LogP contribution is 2.21. The van der Waals surface area contributed by atoms with Gasteiger partial charge in [0.05, 0.1) is 17.8 Å². The van der Waals surface area contributed by atoms with Crippen LogP contribution >= 0.6 is 0 Å². The number of nitrogens with two attached hydrogens (primary N) is 1. The fourth-order valence-electron chi connectivity index (χ4n) is 1.68. The maximum absolute atomic E-state index is 11.6. The maximum Gasteiger partial charge on any atom is 0.251 e. The summed E-state index contributed by atoms with van der Waals surface area (Å²) in [5.74, 6) is -0.384. The lowest BCUT2D eigenvalue weighted by molar-refractivity contribution is -0.136. The number of hydrogen-bond acceptors (Lipinski definition) is 4. The van der Waals surface area contributed by atoms with E-state index in [2.05, 4.69) is 5.32 Å². The molecule has 1 saturated heterocycles. The topological polar surface area (TPSA) is 75.4 Å². The fraction of sp³-hybridized carbons (Fsp3) is 0.273. The van der Waals surface area contributed by atoms with E-state index < -0.39 is 6.04 Å². The van der Waals surface area contributed by atoms with E-state index in [1.54, 1.807) is 12.1 Å². The summed E-state index contributed by atoms with van der Waals surface area (Å²) in [5.41, 5.74) is 6.99. The molecule has 5 heteroatoms. The van der Waals surface area contributed by atoms with Crippen LogP contribution in [0.15, 0.2) is 24.3 Å². The third-order valence-electron chi connectivity index (χ3n) is 2.67. The number of anilines is 2. The summed E-state index contributed by atoms with van der Waals surface area (Å²) in [4.78, 5) is 24.1. The number of amides is 2. The van der Waals surface area contributed by atoms with E-state index in [0.717, 1.165) is 4.90 Å². The highest BCUT2D eigenvalue weighted by molar-refractivity contribution is 6.06. The van der Waals surface area contributed by atoms with E-state index in [1.807, 2.05) is 12.1 Å². The Morgan fingerprint density at radius 2 is 2.06 bits per heavy atom. The summed E-state index contributed by atoms with van der Waals surface area (Å²) in [6.45, 7) is 0. The van der Waals surface area contributed by atoms with Crippen molar-refractivity contribution in [2.24, 2.45) is 0 Å². The molecule has 1 aliphatic rings. The third-order valence-corrected chi connectivity index (χ3v) is 2.67. The second-order valence-electron chi connectivity index (χ2n) is 3.78. The first-order valence-electron chi connectivity index (χ1n) is 5.01. The zero-order valence-corrected chi connectivity index (χ0v) is 8.93. The van der Waals surface area contributed by atoms with E-state index >= 15 is 0 Å². The molecule has 1 heterocycles. The molecule has 1 unspecified atom stereocenters. The number of carbonyl (C=O) groups excluding carboxylic acids is 2. The average Bonchev–Trinajstić information content (AvgIpc) is 2.50. The number of rotatable bonds is 2. The summed E-state index contributed by atoms with van der Waals surface area (Å²) in [6, 6.07) is 6.67. The van der Waals surface area contributed by atoms with Gasteiger partial charge in [0.15, 0.2) is 0 Å². The molecule has 1 aliphatic heterocycles. The Labute approximate surface area is 93.2 Å². The number of likely N-dealkylation sites (N-methyl/N-ethyl adjacent to an activating group) is 1. The lowest BCUT2D eigenvalue weighted by atomic mass is 10.2. The van der Waals surface area contributed by atoms with Gasteiger partial charge in [-0.3, -0.25) is 14.5 Å². The van der Waals surface area contributed by atoms with Gasteiger partial charge in [-0.2, -0.15) is 0 Å². The number of nitrogen functional groups attached to an aromatic ring is 1.